The zero-order valence-corrected chi connectivity index (χ0v) is 21.9. The summed E-state index contributed by atoms with van der Waals surface area (Å²) >= 11 is 0. The number of unbranched alkanes of at least 4 members (excludes halogenated alkanes) is 5. The summed E-state index contributed by atoms with van der Waals surface area (Å²) in [5.74, 6) is 0.133. The van der Waals surface area contributed by atoms with Gasteiger partial charge in [-0.15, -0.1) is 0 Å². The topological polar surface area (TPSA) is 46.5 Å². The summed E-state index contributed by atoms with van der Waals surface area (Å²) in [6, 6.07) is 0. The second kappa shape index (κ2) is 32.9. The fourth-order valence-electron chi connectivity index (χ4n) is 2.22. The van der Waals surface area contributed by atoms with Crippen molar-refractivity contribution in [1.29, 1.82) is 0 Å². The number of hydrogen-bond acceptors (Lipinski definition) is 3. The van der Waals surface area contributed by atoms with Crippen molar-refractivity contribution >= 4 is 5.78 Å². The average Bonchev–Trinajstić information content (AvgIpc) is 2.79. The van der Waals surface area contributed by atoms with Crippen LogP contribution in [0.4, 0.5) is 0 Å². The Kier molecular flexibility index (Phi) is 38.9. The van der Waals surface area contributed by atoms with Gasteiger partial charge in [0.15, 0.2) is 5.78 Å². The zero-order chi connectivity index (χ0) is 24.9. The quantitative estimate of drug-likeness (QED) is 0.170. The Labute approximate surface area is 194 Å². The molecule has 31 heavy (non-hydrogen) atoms. The van der Waals surface area contributed by atoms with Crippen molar-refractivity contribution in [3.8, 4) is 0 Å². The van der Waals surface area contributed by atoms with E-state index in [1.807, 2.05) is 65.8 Å². The smallest absolute Gasteiger partial charge is 0.165 e. The summed E-state index contributed by atoms with van der Waals surface area (Å²) < 4.78 is 5.67. The lowest BCUT2D eigenvalue weighted by molar-refractivity contribution is -0.117. The molecule has 0 aliphatic heterocycles. The molecule has 0 amide bonds. The van der Waals surface area contributed by atoms with Crippen LogP contribution in [0.5, 0.6) is 0 Å². The van der Waals surface area contributed by atoms with Gasteiger partial charge in [0.25, 0.3) is 0 Å². The van der Waals surface area contributed by atoms with Crippen molar-refractivity contribution in [3.63, 3.8) is 0 Å². The van der Waals surface area contributed by atoms with Gasteiger partial charge in [0.2, 0.25) is 0 Å². The molecule has 0 aromatic rings. The molecule has 0 saturated heterocycles. The lowest BCUT2D eigenvalue weighted by atomic mass is 10.0. The van der Waals surface area contributed by atoms with Gasteiger partial charge >= 0.3 is 0 Å². The first-order valence-electron chi connectivity index (χ1n) is 11.7. The second-order valence-corrected chi connectivity index (χ2v) is 6.94. The van der Waals surface area contributed by atoms with Gasteiger partial charge in [-0.25, -0.2) is 0 Å². The molecule has 0 bridgehead atoms. The van der Waals surface area contributed by atoms with Gasteiger partial charge < -0.3 is 9.84 Å². The molecule has 0 aromatic carbocycles. The van der Waals surface area contributed by atoms with Gasteiger partial charge in [-0.05, 0) is 25.8 Å². The van der Waals surface area contributed by atoms with Crippen LogP contribution >= 0.6 is 0 Å². The van der Waals surface area contributed by atoms with Crippen molar-refractivity contribution in [2.75, 3.05) is 20.3 Å². The van der Waals surface area contributed by atoms with Crippen LogP contribution in [0.25, 0.3) is 0 Å². The van der Waals surface area contributed by atoms with E-state index in [4.69, 9.17) is 9.84 Å². The molecule has 0 atom stereocenters. The molecule has 0 fully saturated rings. The molecule has 0 saturated carbocycles. The molecule has 1 N–H and O–H groups in total. The molecule has 3 nitrogen and oxygen atoms in total. The van der Waals surface area contributed by atoms with Crippen molar-refractivity contribution in [2.45, 2.75) is 87.0 Å². The van der Waals surface area contributed by atoms with E-state index >= 15 is 0 Å². The minimum atomic E-state index is 0.00177. The standard InChI is InChI=1S/C20H34O2.C5H8.C2H6.CH4O/c1-6-8-9-10-11-12-15-22-16-18(5)13-14-19(7-2)20(21)17(3)4;1-3-5-4-2;2*1-2/h7,13-14,17H,2,6,8-12,15-16H2,1,3-5H3;3-5H,1H2,2H3;1-2H3;2H,1H3/b18-13+,19-14+;5-4-;;. The first-order valence-corrected chi connectivity index (χ1v) is 11.7. The van der Waals surface area contributed by atoms with Gasteiger partial charge in [0, 0.05) is 25.2 Å². The van der Waals surface area contributed by atoms with E-state index in [0.29, 0.717) is 12.2 Å². The third-order valence-electron chi connectivity index (χ3n) is 3.88. The summed E-state index contributed by atoms with van der Waals surface area (Å²) in [7, 11) is 1.00. The molecule has 0 heterocycles. The minimum Gasteiger partial charge on any atom is -0.400 e. The summed E-state index contributed by atoms with van der Waals surface area (Å²) in [6.45, 7) is 22.7. The second-order valence-electron chi connectivity index (χ2n) is 6.94. The van der Waals surface area contributed by atoms with E-state index in [1.165, 1.54) is 32.1 Å². The molecule has 0 aliphatic carbocycles. The summed E-state index contributed by atoms with van der Waals surface area (Å²) in [5.41, 5.74) is 1.80. The molecule has 0 unspecified atom stereocenters. The van der Waals surface area contributed by atoms with Crippen LogP contribution in [0.3, 0.4) is 0 Å². The maximum atomic E-state index is 11.9. The largest absolute Gasteiger partial charge is 0.400 e. The van der Waals surface area contributed by atoms with E-state index in [0.717, 1.165) is 25.7 Å². The molecule has 0 aromatic heterocycles. The Hall–Kier alpha value is -1.71. The fraction of sp³-hybridized carbons (Fsp3) is 0.607. The van der Waals surface area contributed by atoms with E-state index in [2.05, 4.69) is 20.1 Å². The van der Waals surface area contributed by atoms with Crippen molar-refractivity contribution in [3.05, 3.63) is 60.8 Å². The van der Waals surface area contributed by atoms with Crippen LogP contribution in [0.15, 0.2) is 60.8 Å². The number of hydrogen-bond donors (Lipinski definition) is 1. The minimum absolute atomic E-state index is 0.00177. The van der Waals surface area contributed by atoms with Crippen LogP contribution in [0, 0.1) is 5.92 Å². The lowest BCUT2D eigenvalue weighted by Crippen LogP contribution is -2.08. The first-order chi connectivity index (χ1) is 14.9. The van der Waals surface area contributed by atoms with Crippen molar-refractivity contribution < 1.29 is 14.6 Å². The van der Waals surface area contributed by atoms with Crippen LogP contribution in [0.1, 0.15) is 87.0 Å². The van der Waals surface area contributed by atoms with Gasteiger partial charge in [-0.3, -0.25) is 4.79 Å². The number of ether oxygens (including phenoxy) is 1. The van der Waals surface area contributed by atoms with Gasteiger partial charge in [0.1, 0.15) is 0 Å². The summed E-state index contributed by atoms with van der Waals surface area (Å²) in [4.78, 5) is 11.9. The average molecular weight is 437 g/mol. The van der Waals surface area contributed by atoms with Gasteiger partial charge in [-0.1, -0.05) is 116 Å². The van der Waals surface area contributed by atoms with Crippen molar-refractivity contribution in [2.24, 2.45) is 5.92 Å². The molecule has 0 aliphatic rings. The molecular formula is C28H52O3. The van der Waals surface area contributed by atoms with Crippen LogP contribution in [0.2, 0.25) is 0 Å². The third-order valence-corrected chi connectivity index (χ3v) is 3.88. The molecule has 3 heteroatoms. The molecule has 182 valence electrons. The number of allylic oxidation sites excluding steroid dienone is 7. The van der Waals surface area contributed by atoms with E-state index < -0.39 is 0 Å². The normalized spacial score (nSPS) is 10.9. The number of Topliss-reactive ketones (excluding diaryl/α,β-unsaturated/α-hetero) is 1. The zero-order valence-electron chi connectivity index (χ0n) is 21.9. The van der Waals surface area contributed by atoms with Gasteiger partial charge in [-0.2, -0.15) is 0 Å². The van der Waals surface area contributed by atoms with Crippen molar-refractivity contribution in [1.82, 2.24) is 0 Å². The lowest BCUT2D eigenvalue weighted by Gasteiger charge is -2.05. The Morgan fingerprint density at radius 1 is 1.00 bits per heavy atom. The van der Waals surface area contributed by atoms with E-state index in [1.54, 1.807) is 12.2 Å². The van der Waals surface area contributed by atoms with Gasteiger partial charge in [0.05, 0.1) is 6.61 Å². The van der Waals surface area contributed by atoms with E-state index in [-0.39, 0.29) is 11.7 Å². The molecule has 0 spiro atoms. The Balaban J connectivity index is -0.000000345. The highest BCUT2D eigenvalue weighted by atomic mass is 16.5. The number of aliphatic hydroxyl groups is 1. The highest BCUT2D eigenvalue weighted by Crippen LogP contribution is 2.09. The molecule has 0 rings (SSSR count). The number of rotatable bonds is 14. The number of carbonyl (C=O) groups excluding carboxylic acids is 1. The molecule has 0 radical (unpaired) electrons. The maximum absolute atomic E-state index is 11.9. The predicted octanol–water partition coefficient (Wildman–Crippen LogP) is 8.03. The molecular weight excluding hydrogens is 384 g/mol. The third kappa shape index (κ3) is 30.6. The number of aliphatic hydroxyl groups excluding tert-OH is 1. The van der Waals surface area contributed by atoms with Crippen LogP contribution < -0.4 is 0 Å². The maximum Gasteiger partial charge on any atom is 0.165 e. The highest BCUT2D eigenvalue weighted by Gasteiger charge is 2.09. The Morgan fingerprint density at radius 2 is 1.55 bits per heavy atom. The summed E-state index contributed by atoms with van der Waals surface area (Å²) in [6.07, 6.45) is 18.7. The van der Waals surface area contributed by atoms with Crippen LogP contribution in [-0.4, -0.2) is 31.2 Å². The van der Waals surface area contributed by atoms with E-state index in [9.17, 15) is 4.79 Å². The number of ketones is 1. The van der Waals surface area contributed by atoms with Crippen LogP contribution in [-0.2, 0) is 9.53 Å². The summed E-state index contributed by atoms with van der Waals surface area (Å²) in [5, 5.41) is 7.00. The number of carbonyl (C=O) groups is 1. The monoisotopic (exact) mass is 436 g/mol. The Bertz CT molecular complexity index is 482. The highest BCUT2D eigenvalue weighted by molar-refractivity contribution is 5.99. The fourth-order valence-corrected chi connectivity index (χ4v) is 2.22. The SMILES string of the molecule is C=C/C(=C\C=C(/C)COCCCCCCCC)C(=O)C(C)C.C=C/C=C\C.CC.CO. The Morgan fingerprint density at radius 3 is 1.97 bits per heavy atom. The predicted molar refractivity (Wildman–Crippen MR) is 141 cm³/mol. The first kappa shape index (κ1) is 36.7.